The first-order valence-corrected chi connectivity index (χ1v) is 10.1. The summed E-state index contributed by atoms with van der Waals surface area (Å²) in [6, 6.07) is 7.99. The number of carbonyl (C=O) groups excluding carboxylic acids is 3. The van der Waals surface area contributed by atoms with Crippen LogP contribution in [0, 0.1) is 6.92 Å². The summed E-state index contributed by atoms with van der Waals surface area (Å²) in [5.74, 6) is -0.195. The number of benzene rings is 1. The minimum absolute atomic E-state index is 0.00273. The van der Waals surface area contributed by atoms with E-state index in [1.54, 1.807) is 37.3 Å². The summed E-state index contributed by atoms with van der Waals surface area (Å²) >= 11 is 0. The maximum Gasteiger partial charge on any atom is 0.277 e. The second-order valence-corrected chi connectivity index (χ2v) is 7.71. The molecule has 1 aliphatic heterocycles. The number of aliphatic hydroxyl groups is 1. The van der Waals surface area contributed by atoms with Gasteiger partial charge < -0.3 is 14.5 Å². The molecular formula is C22H27N3O6. The third-order valence-corrected chi connectivity index (χ3v) is 5.39. The van der Waals surface area contributed by atoms with Crippen LogP contribution >= 0.6 is 0 Å². The Kier molecular flexibility index (Phi) is 7.19. The molecule has 1 fully saturated rings. The molecule has 0 saturated carbocycles. The zero-order valence-corrected chi connectivity index (χ0v) is 17.9. The van der Waals surface area contributed by atoms with Gasteiger partial charge in [0.25, 0.3) is 5.91 Å². The number of aliphatic hydroxyl groups excluding tert-OH is 1. The number of amides is 2. The zero-order chi connectivity index (χ0) is 22.5. The lowest BCUT2D eigenvalue weighted by atomic mass is 10.0. The molecule has 2 heterocycles. The summed E-state index contributed by atoms with van der Waals surface area (Å²) in [5, 5.41) is 14.9. The molecule has 1 aromatic carbocycles. The van der Waals surface area contributed by atoms with Crippen molar-refractivity contribution in [3.63, 3.8) is 0 Å². The molecule has 2 atom stereocenters. The van der Waals surface area contributed by atoms with Crippen molar-refractivity contribution in [3.05, 3.63) is 52.9 Å². The average Bonchev–Trinajstić information content (AvgIpc) is 3.36. The van der Waals surface area contributed by atoms with Gasteiger partial charge in [-0.1, -0.05) is 17.3 Å². The van der Waals surface area contributed by atoms with E-state index in [0.717, 1.165) is 10.6 Å². The Balaban J connectivity index is 1.58. The Morgan fingerprint density at radius 2 is 2.00 bits per heavy atom. The summed E-state index contributed by atoms with van der Waals surface area (Å²) in [6.45, 7) is 1.90. The molecule has 166 valence electrons. The van der Waals surface area contributed by atoms with E-state index in [9.17, 15) is 19.5 Å². The van der Waals surface area contributed by atoms with E-state index in [1.165, 1.54) is 19.1 Å². The number of likely N-dealkylation sites (tertiary alicyclic amines) is 1. The number of Topliss-reactive ketones (excluding diaryl/α,β-unsaturated/α-hetero) is 1. The zero-order valence-electron chi connectivity index (χ0n) is 17.9. The molecule has 0 unspecified atom stereocenters. The third kappa shape index (κ3) is 5.56. The molecule has 9 heteroatoms. The highest BCUT2D eigenvalue weighted by atomic mass is 16.7. The van der Waals surface area contributed by atoms with Gasteiger partial charge in [0.15, 0.2) is 5.78 Å². The van der Waals surface area contributed by atoms with Gasteiger partial charge in [-0.2, -0.15) is 0 Å². The first-order valence-electron chi connectivity index (χ1n) is 10.1. The SMILES string of the molecule is CON(C)C(=O)c1ccc(CCC(=O)[C@@H]2C[C@@H](O)CN2C(=O)Cc2cc(C)no2)cc1. The fourth-order valence-electron chi connectivity index (χ4n) is 3.66. The van der Waals surface area contributed by atoms with Crippen LogP contribution in [0.25, 0.3) is 0 Å². The lowest BCUT2D eigenvalue weighted by Gasteiger charge is -2.23. The second kappa shape index (κ2) is 9.84. The average molecular weight is 429 g/mol. The molecule has 0 aliphatic carbocycles. The number of β-amino-alcohol motifs (C(OH)–C–C–N with tert-alkyl or cyclic N) is 1. The molecule has 1 aliphatic rings. The van der Waals surface area contributed by atoms with Crippen molar-refractivity contribution in [2.75, 3.05) is 20.7 Å². The normalized spacial score (nSPS) is 18.3. The Morgan fingerprint density at radius 3 is 2.61 bits per heavy atom. The number of hydrogen-bond acceptors (Lipinski definition) is 7. The van der Waals surface area contributed by atoms with E-state index in [1.807, 2.05) is 0 Å². The molecule has 0 radical (unpaired) electrons. The van der Waals surface area contributed by atoms with E-state index in [4.69, 9.17) is 9.36 Å². The van der Waals surface area contributed by atoms with Gasteiger partial charge in [-0.25, -0.2) is 5.06 Å². The Labute approximate surface area is 180 Å². The van der Waals surface area contributed by atoms with Gasteiger partial charge in [0.05, 0.1) is 31.4 Å². The number of hydroxylamine groups is 2. The lowest BCUT2D eigenvalue weighted by Crippen LogP contribution is -2.41. The number of rotatable bonds is 8. The number of nitrogens with zero attached hydrogens (tertiary/aromatic N) is 3. The van der Waals surface area contributed by atoms with E-state index in [0.29, 0.717) is 23.4 Å². The molecule has 9 nitrogen and oxygen atoms in total. The van der Waals surface area contributed by atoms with Crippen molar-refractivity contribution in [2.24, 2.45) is 0 Å². The highest BCUT2D eigenvalue weighted by Crippen LogP contribution is 2.22. The van der Waals surface area contributed by atoms with E-state index < -0.39 is 12.1 Å². The highest BCUT2D eigenvalue weighted by molar-refractivity contribution is 5.93. The summed E-state index contributed by atoms with van der Waals surface area (Å²) in [4.78, 5) is 43.9. The molecule has 0 spiro atoms. The van der Waals surface area contributed by atoms with Crippen LogP contribution in [0.1, 0.15) is 40.2 Å². The molecule has 1 saturated heterocycles. The van der Waals surface area contributed by atoms with Crippen molar-refractivity contribution in [1.82, 2.24) is 15.1 Å². The number of ketones is 1. The van der Waals surface area contributed by atoms with Crippen molar-refractivity contribution in [1.29, 1.82) is 0 Å². The predicted molar refractivity (Wildman–Crippen MR) is 110 cm³/mol. The maximum absolute atomic E-state index is 12.8. The lowest BCUT2D eigenvalue weighted by molar-refractivity contribution is -0.137. The van der Waals surface area contributed by atoms with Crippen LogP contribution in [0.4, 0.5) is 0 Å². The highest BCUT2D eigenvalue weighted by Gasteiger charge is 2.38. The summed E-state index contributed by atoms with van der Waals surface area (Å²) in [7, 11) is 2.94. The quantitative estimate of drug-likeness (QED) is 0.630. The maximum atomic E-state index is 12.8. The predicted octanol–water partition coefficient (Wildman–Crippen LogP) is 1.32. The van der Waals surface area contributed by atoms with E-state index >= 15 is 0 Å². The summed E-state index contributed by atoms with van der Waals surface area (Å²) in [5.41, 5.74) is 2.06. The second-order valence-electron chi connectivity index (χ2n) is 7.71. The largest absolute Gasteiger partial charge is 0.391 e. The van der Waals surface area contributed by atoms with Crippen LogP contribution in [-0.4, -0.2) is 70.7 Å². The van der Waals surface area contributed by atoms with Gasteiger partial charge in [-0.05, 0) is 31.0 Å². The fourth-order valence-corrected chi connectivity index (χ4v) is 3.66. The van der Waals surface area contributed by atoms with Crippen LogP contribution < -0.4 is 0 Å². The van der Waals surface area contributed by atoms with Gasteiger partial charge >= 0.3 is 0 Å². The van der Waals surface area contributed by atoms with Crippen LogP contribution in [-0.2, 0) is 27.3 Å². The Hall–Kier alpha value is -3.04. The van der Waals surface area contributed by atoms with Crippen LogP contribution in [0.3, 0.4) is 0 Å². The monoisotopic (exact) mass is 429 g/mol. The standard InChI is InChI=1S/C22H27N3O6/c1-14-10-18(31-23-14)12-21(28)25-13-17(26)11-19(25)20(27)9-6-15-4-7-16(8-5-15)22(29)24(2)30-3/h4-5,7-8,10,17,19,26H,6,9,11-13H2,1-3H3/t17-,19+/m1/s1. The molecular weight excluding hydrogens is 402 g/mol. The van der Waals surface area contributed by atoms with Crippen molar-refractivity contribution in [3.8, 4) is 0 Å². The van der Waals surface area contributed by atoms with E-state index in [-0.39, 0.29) is 43.4 Å². The first kappa shape index (κ1) is 22.6. The molecule has 1 aromatic heterocycles. The Bertz CT molecular complexity index is 939. The number of hydrogen-bond donors (Lipinski definition) is 1. The number of carbonyl (C=O) groups is 3. The van der Waals surface area contributed by atoms with Gasteiger partial charge in [0.1, 0.15) is 5.76 Å². The molecule has 31 heavy (non-hydrogen) atoms. The van der Waals surface area contributed by atoms with Gasteiger partial charge in [0, 0.05) is 38.1 Å². The molecule has 2 amide bonds. The number of aryl methyl sites for hydroxylation is 2. The van der Waals surface area contributed by atoms with Crippen LogP contribution in [0.5, 0.6) is 0 Å². The first-order chi connectivity index (χ1) is 14.8. The fraction of sp³-hybridized carbons (Fsp3) is 0.455. The Morgan fingerprint density at radius 1 is 1.29 bits per heavy atom. The van der Waals surface area contributed by atoms with Crippen molar-refractivity contribution >= 4 is 17.6 Å². The van der Waals surface area contributed by atoms with Gasteiger partial charge in [-0.15, -0.1) is 0 Å². The molecule has 2 aromatic rings. The van der Waals surface area contributed by atoms with Crippen molar-refractivity contribution in [2.45, 2.75) is 44.8 Å². The summed E-state index contributed by atoms with van der Waals surface area (Å²) < 4.78 is 5.09. The van der Waals surface area contributed by atoms with Gasteiger partial charge in [0.2, 0.25) is 5.91 Å². The van der Waals surface area contributed by atoms with E-state index in [2.05, 4.69) is 5.16 Å². The van der Waals surface area contributed by atoms with Crippen molar-refractivity contribution < 1.29 is 28.9 Å². The smallest absolute Gasteiger partial charge is 0.277 e. The molecule has 1 N–H and O–H groups in total. The van der Waals surface area contributed by atoms with Crippen LogP contribution in [0.2, 0.25) is 0 Å². The van der Waals surface area contributed by atoms with Gasteiger partial charge in [-0.3, -0.25) is 19.2 Å². The molecule has 3 rings (SSSR count). The topological polar surface area (TPSA) is 113 Å². The molecule has 0 bridgehead atoms. The minimum Gasteiger partial charge on any atom is -0.391 e. The third-order valence-electron chi connectivity index (χ3n) is 5.39. The number of aromatic nitrogens is 1. The van der Waals surface area contributed by atoms with Crippen LogP contribution in [0.15, 0.2) is 34.9 Å². The minimum atomic E-state index is -0.725. The summed E-state index contributed by atoms with van der Waals surface area (Å²) in [6.07, 6.45) is 0.217.